The Labute approximate surface area is 103 Å². The molecule has 7 heteroatoms. The van der Waals surface area contributed by atoms with Gasteiger partial charge in [-0.1, -0.05) is 13.3 Å². The molecule has 0 radical (unpaired) electrons. The van der Waals surface area contributed by atoms with Crippen LogP contribution in [0.3, 0.4) is 0 Å². The quantitative estimate of drug-likeness (QED) is 0.445. The van der Waals surface area contributed by atoms with Crippen molar-refractivity contribution in [2.75, 3.05) is 7.11 Å². The van der Waals surface area contributed by atoms with Gasteiger partial charge in [-0.05, 0) is 12.8 Å². The average molecular weight is 264 g/mol. The van der Waals surface area contributed by atoms with Gasteiger partial charge in [0.15, 0.2) is 13.2 Å². The van der Waals surface area contributed by atoms with Gasteiger partial charge < -0.3 is 4.55 Å². The van der Waals surface area contributed by atoms with Gasteiger partial charge in [-0.2, -0.15) is 4.68 Å². The van der Waals surface area contributed by atoms with E-state index in [1.807, 2.05) is 0 Å². The molecule has 0 aromatic carbocycles. The fraction of sp³-hybridized carbons (Fsp3) is 0.700. The molecule has 6 nitrogen and oxygen atoms in total. The molecular formula is C10H20N2O4S. The number of rotatable bonds is 4. The van der Waals surface area contributed by atoms with Gasteiger partial charge >= 0.3 is 0 Å². The first-order valence-electron chi connectivity index (χ1n) is 5.32. The summed E-state index contributed by atoms with van der Waals surface area (Å²) in [5, 5.41) is 0. The molecule has 100 valence electrons. The van der Waals surface area contributed by atoms with E-state index in [1.165, 1.54) is 24.8 Å². The molecule has 1 aromatic rings. The molecule has 1 rings (SSSR count). The number of nitrogens with zero attached hydrogens (tertiary/aromatic N) is 2. The van der Waals surface area contributed by atoms with Crippen molar-refractivity contribution in [3.05, 3.63) is 18.0 Å². The summed E-state index contributed by atoms with van der Waals surface area (Å²) in [4.78, 5) is 0. The number of aryl methyl sites for hydroxylation is 3. The van der Waals surface area contributed by atoms with Gasteiger partial charge in [0, 0.05) is 5.56 Å². The second-order valence-electron chi connectivity index (χ2n) is 3.66. The van der Waals surface area contributed by atoms with Gasteiger partial charge in [0.1, 0.15) is 0 Å². The number of hydrogen-bond donors (Lipinski definition) is 0. The van der Waals surface area contributed by atoms with E-state index in [4.69, 9.17) is 0 Å². The number of hydrogen-bond acceptors (Lipinski definition) is 4. The van der Waals surface area contributed by atoms with Crippen molar-refractivity contribution in [3.8, 4) is 0 Å². The second-order valence-corrected chi connectivity index (χ2v) is 4.81. The first-order valence-corrected chi connectivity index (χ1v) is 6.66. The predicted molar refractivity (Wildman–Crippen MR) is 61.9 cm³/mol. The molecule has 0 aliphatic carbocycles. The van der Waals surface area contributed by atoms with E-state index in [-0.39, 0.29) is 0 Å². The van der Waals surface area contributed by atoms with Crippen LogP contribution < -0.4 is 4.68 Å². The second kappa shape index (κ2) is 7.41. The normalized spacial score (nSPS) is 10.9. The zero-order valence-corrected chi connectivity index (χ0v) is 11.5. The van der Waals surface area contributed by atoms with E-state index in [2.05, 4.69) is 47.0 Å². The van der Waals surface area contributed by atoms with Crippen molar-refractivity contribution in [1.29, 1.82) is 0 Å². The summed E-state index contributed by atoms with van der Waals surface area (Å²) in [6.07, 6.45) is 8.17. The van der Waals surface area contributed by atoms with Crippen LogP contribution in [-0.2, 0) is 35.1 Å². The largest absolute Gasteiger partial charge is 0.726 e. The van der Waals surface area contributed by atoms with E-state index in [0.29, 0.717) is 0 Å². The lowest BCUT2D eigenvalue weighted by molar-refractivity contribution is -0.751. The Bertz CT molecular complexity index is 406. The third kappa shape index (κ3) is 7.89. The Morgan fingerprint density at radius 2 is 2.06 bits per heavy atom. The van der Waals surface area contributed by atoms with Crippen LogP contribution in [0.4, 0.5) is 0 Å². The smallest absolute Gasteiger partial charge is 0.217 e. The highest BCUT2D eigenvalue weighted by Gasteiger charge is 2.03. The van der Waals surface area contributed by atoms with Crippen LogP contribution in [0.2, 0.25) is 0 Å². The van der Waals surface area contributed by atoms with Crippen LogP contribution in [-0.4, -0.2) is 24.8 Å². The SMILES string of the molecule is CCCCc1cn(C)[n+](C)c1.COS(=O)(=O)[O-]. The maximum atomic E-state index is 9.22. The van der Waals surface area contributed by atoms with Crippen LogP contribution in [0.5, 0.6) is 0 Å². The molecule has 0 amide bonds. The molecule has 0 N–H and O–H groups in total. The van der Waals surface area contributed by atoms with E-state index in [0.717, 1.165) is 7.11 Å². The minimum absolute atomic E-state index is 0.808. The third-order valence-electron chi connectivity index (χ3n) is 2.23. The molecule has 1 aromatic heterocycles. The molecule has 0 unspecified atom stereocenters. The van der Waals surface area contributed by atoms with Crippen molar-refractivity contribution >= 4 is 10.4 Å². The minimum Gasteiger partial charge on any atom is -0.726 e. The molecule has 0 aliphatic rings. The molecule has 0 bridgehead atoms. The fourth-order valence-corrected chi connectivity index (χ4v) is 1.21. The Balaban J connectivity index is 0.000000366. The van der Waals surface area contributed by atoms with Crippen molar-refractivity contribution in [3.63, 3.8) is 0 Å². The molecule has 0 atom stereocenters. The van der Waals surface area contributed by atoms with Gasteiger partial charge in [0.2, 0.25) is 10.4 Å². The lowest BCUT2D eigenvalue weighted by Crippen LogP contribution is -2.35. The summed E-state index contributed by atoms with van der Waals surface area (Å²) in [7, 11) is 0.526. The van der Waals surface area contributed by atoms with Crippen molar-refractivity contribution in [1.82, 2.24) is 4.68 Å². The Morgan fingerprint density at radius 3 is 2.35 bits per heavy atom. The minimum atomic E-state index is -4.41. The summed E-state index contributed by atoms with van der Waals surface area (Å²) in [6.45, 7) is 2.23. The summed E-state index contributed by atoms with van der Waals surface area (Å²) >= 11 is 0. The lowest BCUT2D eigenvalue weighted by atomic mass is 10.2. The highest BCUT2D eigenvalue weighted by molar-refractivity contribution is 7.80. The Hall–Kier alpha value is -0.920. The maximum absolute atomic E-state index is 9.22. The van der Waals surface area contributed by atoms with Crippen molar-refractivity contribution in [2.45, 2.75) is 26.2 Å². The third-order valence-corrected chi connectivity index (χ3v) is 2.63. The van der Waals surface area contributed by atoms with Crippen LogP contribution >= 0.6 is 0 Å². The van der Waals surface area contributed by atoms with Crippen LogP contribution in [0, 0.1) is 0 Å². The first kappa shape index (κ1) is 16.1. The van der Waals surface area contributed by atoms with Crippen molar-refractivity contribution in [2.24, 2.45) is 14.1 Å². The fourth-order valence-electron chi connectivity index (χ4n) is 1.21. The Kier molecular flexibility index (Phi) is 7.01. The average Bonchev–Trinajstić information content (AvgIpc) is 2.55. The predicted octanol–water partition coefficient (Wildman–Crippen LogP) is 0.285. The Morgan fingerprint density at radius 1 is 1.53 bits per heavy atom. The highest BCUT2D eigenvalue weighted by Crippen LogP contribution is 2.00. The van der Waals surface area contributed by atoms with Crippen LogP contribution in [0.15, 0.2) is 12.4 Å². The van der Waals surface area contributed by atoms with Crippen molar-refractivity contribution < 1.29 is 21.8 Å². The van der Waals surface area contributed by atoms with Gasteiger partial charge in [0.05, 0.1) is 20.4 Å². The zero-order valence-electron chi connectivity index (χ0n) is 10.7. The van der Waals surface area contributed by atoms with E-state index in [9.17, 15) is 13.0 Å². The molecule has 0 saturated carbocycles. The molecule has 0 fully saturated rings. The number of aromatic nitrogens is 2. The maximum Gasteiger partial charge on any atom is 0.217 e. The van der Waals surface area contributed by atoms with E-state index in [1.54, 1.807) is 0 Å². The van der Waals surface area contributed by atoms with Gasteiger partial charge in [-0.3, -0.25) is 4.18 Å². The van der Waals surface area contributed by atoms with Crippen LogP contribution in [0.1, 0.15) is 25.3 Å². The van der Waals surface area contributed by atoms with E-state index >= 15 is 0 Å². The summed E-state index contributed by atoms with van der Waals surface area (Å²) in [5.41, 5.74) is 1.44. The van der Waals surface area contributed by atoms with Gasteiger partial charge in [-0.25, -0.2) is 8.42 Å². The molecule has 17 heavy (non-hydrogen) atoms. The topological polar surface area (TPSA) is 75.2 Å². The first-order chi connectivity index (χ1) is 7.80. The molecule has 1 heterocycles. The summed E-state index contributed by atoms with van der Waals surface area (Å²) in [5.74, 6) is 0. The van der Waals surface area contributed by atoms with Gasteiger partial charge in [0.25, 0.3) is 0 Å². The zero-order chi connectivity index (χ0) is 13.5. The van der Waals surface area contributed by atoms with E-state index < -0.39 is 10.4 Å². The monoisotopic (exact) mass is 264 g/mol. The molecule has 0 aliphatic heterocycles. The molecule has 0 saturated heterocycles. The summed E-state index contributed by atoms with van der Waals surface area (Å²) in [6, 6.07) is 0. The van der Waals surface area contributed by atoms with Gasteiger partial charge in [-0.15, -0.1) is 4.68 Å². The standard InChI is InChI=1S/C9H17N2.CH4O4S/c1-4-5-6-9-7-10(2)11(3)8-9;1-5-6(2,3)4/h7-8H,4-6H2,1-3H3;1H3,(H,2,3,4)/q+1;/p-1. The number of unbranched alkanes of at least 4 members (excludes halogenated alkanes) is 1. The highest BCUT2D eigenvalue weighted by atomic mass is 32.3. The molecular weight excluding hydrogens is 244 g/mol. The lowest BCUT2D eigenvalue weighted by Gasteiger charge is -1.98. The summed E-state index contributed by atoms with van der Waals surface area (Å²) < 4.78 is 35.2. The van der Waals surface area contributed by atoms with Crippen LogP contribution in [0.25, 0.3) is 0 Å². The molecule has 0 spiro atoms.